The molecule has 1 aromatic heterocycles. The Labute approximate surface area is 112 Å². The molecule has 0 fully saturated rings. The van der Waals surface area contributed by atoms with Gasteiger partial charge in [0.1, 0.15) is 10.7 Å². The zero-order valence-corrected chi connectivity index (χ0v) is 11.7. The molecule has 3 N–H and O–H groups in total. The molecule has 1 aromatic carbocycles. The van der Waals surface area contributed by atoms with Gasteiger partial charge in [-0.05, 0) is 41.1 Å². The third kappa shape index (κ3) is 2.65. The second-order valence-corrected chi connectivity index (χ2v) is 6.12. The Morgan fingerprint density at radius 1 is 1.39 bits per heavy atom. The van der Waals surface area contributed by atoms with Crippen molar-refractivity contribution >= 4 is 37.5 Å². The maximum absolute atomic E-state index is 12.1. The standard InChI is InChI=1S/C10H10BrN3O3S/c1-6-4-10(13-17-6)14-18(15,16)9-5-7(12)2-3-8(9)11/h2-5H,12H2,1H3,(H,13,14). The number of rotatable bonds is 3. The molecule has 1 heterocycles. The maximum atomic E-state index is 12.1. The van der Waals surface area contributed by atoms with Gasteiger partial charge in [-0.2, -0.15) is 0 Å². The summed E-state index contributed by atoms with van der Waals surface area (Å²) in [4.78, 5) is 0.0446. The van der Waals surface area contributed by atoms with Crippen molar-refractivity contribution in [2.75, 3.05) is 10.5 Å². The Kier molecular flexibility index (Phi) is 3.31. The molecular weight excluding hydrogens is 322 g/mol. The number of hydrogen-bond acceptors (Lipinski definition) is 5. The first kappa shape index (κ1) is 12.9. The molecule has 8 heteroatoms. The van der Waals surface area contributed by atoms with E-state index >= 15 is 0 Å². The molecule has 0 saturated heterocycles. The molecule has 0 bridgehead atoms. The van der Waals surface area contributed by atoms with Crippen LogP contribution in [0.25, 0.3) is 0 Å². The van der Waals surface area contributed by atoms with Gasteiger partial charge >= 0.3 is 0 Å². The first-order valence-electron chi connectivity index (χ1n) is 4.89. The van der Waals surface area contributed by atoms with Crippen LogP contribution in [-0.4, -0.2) is 13.6 Å². The highest BCUT2D eigenvalue weighted by Crippen LogP contribution is 2.26. The van der Waals surface area contributed by atoms with E-state index in [4.69, 9.17) is 10.3 Å². The number of nitrogens with zero attached hydrogens (tertiary/aromatic N) is 1. The summed E-state index contributed by atoms with van der Waals surface area (Å²) in [5.41, 5.74) is 5.93. The number of nitrogens with two attached hydrogens (primary N) is 1. The monoisotopic (exact) mass is 331 g/mol. The number of nitrogens with one attached hydrogen (secondary N) is 1. The number of anilines is 2. The molecule has 18 heavy (non-hydrogen) atoms. The van der Waals surface area contributed by atoms with Crippen molar-refractivity contribution < 1.29 is 12.9 Å². The molecule has 0 atom stereocenters. The van der Waals surface area contributed by atoms with E-state index in [1.807, 2.05) is 0 Å². The van der Waals surface area contributed by atoms with E-state index in [-0.39, 0.29) is 10.7 Å². The predicted molar refractivity (Wildman–Crippen MR) is 70.6 cm³/mol. The minimum atomic E-state index is -3.75. The molecule has 0 radical (unpaired) electrons. The van der Waals surface area contributed by atoms with E-state index in [1.165, 1.54) is 12.1 Å². The molecule has 0 unspecified atom stereocenters. The Morgan fingerprint density at radius 2 is 2.11 bits per heavy atom. The van der Waals surface area contributed by atoms with Crippen molar-refractivity contribution in [2.24, 2.45) is 0 Å². The van der Waals surface area contributed by atoms with E-state index in [1.54, 1.807) is 19.1 Å². The first-order chi connectivity index (χ1) is 8.38. The average Bonchev–Trinajstić information content (AvgIpc) is 2.66. The van der Waals surface area contributed by atoms with E-state index < -0.39 is 10.0 Å². The number of aryl methyl sites for hydroxylation is 1. The summed E-state index contributed by atoms with van der Waals surface area (Å²) in [7, 11) is -3.75. The molecule has 6 nitrogen and oxygen atoms in total. The molecule has 2 aromatic rings. The summed E-state index contributed by atoms with van der Waals surface area (Å²) in [6.45, 7) is 1.67. The van der Waals surface area contributed by atoms with E-state index in [2.05, 4.69) is 25.8 Å². The Morgan fingerprint density at radius 3 is 2.72 bits per heavy atom. The fourth-order valence-corrected chi connectivity index (χ4v) is 3.32. The molecule has 0 aliphatic heterocycles. The number of hydrogen-bond donors (Lipinski definition) is 2. The van der Waals surface area contributed by atoms with Crippen LogP contribution < -0.4 is 10.5 Å². The van der Waals surface area contributed by atoms with Crippen LogP contribution in [0.1, 0.15) is 5.76 Å². The largest absolute Gasteiger partial charge is 0.399 e. The Balaban J connectivity index is 2.39. The van der Waals surface area contributed by atoms with Gasteiger partial charge in [-0.25, -0.2) is 8.42 Å². The van der Waals surface area contributed by atoms with Gasteiger partial charge in [0, 0.05) is 16.2 Å². The van der Waals surface area contributed by atoms with Crippen molar-refractivity contribution in [3.63, 3.8) is 0 Å². The summed E-state index contributed by atoms with van der Waals surface area (Å²) >= 11 is 3.17. The molecule has 0 aliphatic rings. The lowest BCUT2D eigenvalue weighted by Crippen LogP contribution is -2.14. The normalized spacial score (nSPS) is 11.4. The van der Waals surface area contributed by atoms with Crippen molar-refractivity contribution in [1.29, 1.82) is 0 Å². The number of sulfonamides is 1. The Bertz CT molecular complexity index is 681. The molecule has 96 valence electrons. The Hall–Kier alpha value is -1.54. The highest BCUT2D eigenvalue weighted by molar-refractivity contribution is 9.10. The molecule has 2 rings (SSSR count). The van der Waals surface area contributed by atoms with Crippen LogP contribution in [0.2, 0.25) is 0 Å². The van der Waals surface area contributed by atoms with Crippen molar-refractivity contribution in [3.8, 4) is 0 Å². The van der Waals surface area contributed by atoms with E-state index in [0.29, 0.717) is 15.9 Å². The minimum absolute atomic E-state index is 0.0446. The number of halogens is 1. The zero-order chi connectivity index (χ0) is 13.3. The fourth-order valence-electron chi connectivity index (χ4n) is 1.33. The van der Waals surface area contributed by atoms with Gasteiger partial charge < -0.3 is 10.3 Å². The van der Waals surface area contributed by atoms with Crippen LogP contribution in [0.3, 0.4) is 0 Å². The summed E-state index contributed by atoms with van der Waals surface area (Å²) in [6.07, 6.45) is 0. The average molecular weight is 332 g/mol. The van der Waals surface area contributed by atoms with Crippen molar-refractivity contribution in [2.45, 2.75) is 11.8 Å². The number of aromatic nitrogens is 1. The second kappa shape index (κ2) is 4.62. The predicted octanol–water partition coefficient (Wildman–Crippen LogP) is 2.13. The van der Waals surface area contributed by atoms with Crippen LogP contribution in [0, 0.1) is 6.92 Å². The summed E-state index contributed by atoms with van der Waals surface area (Å²) in [5, 5.41) is 3.57. The maximum Gasteiger partial charge on any atom is 0.264 e. The molecule has 0 aliphatic carbocycles. The van der Waals surface area contributed by atoms with Crippen LogP contribution in [-0.2, 0) is 10.0 Å². The van der Waals surface area contributed by atoms with Gasteiger partial charge in [0.2, 0.25) is 0 Å². The minimum Gasteiger partial charge on any atom is -0.399 e. The molecule has 0 spiro atoms. The van der Waals surface area contributed by atoms with Gasteiger partial charge in [-0.1, -0.05) is 5.16 Å². The lowest BCUT2D eigenvalue weighted by atomic mass is 10.3. The number of benzene rings is 1. The van der Waals surface area contributed by atoms with Crippen molar-refractivity contribution in [1.82, 2.24) is 5.16 Å². The quantitative estimate of drug-likeness (QED) is 0.839. The van der Waals surface area contributed by atoms with Crippen LogP contribution in [0.4, 0.5) is 11.5 Å². The third-order valence-corrected chi connectivity index (χ3v) is 4.46. The van der Waals surface area contributed by atoms with Gasteiger partial charge in [0.15, 0.2) is 5.82 Å². The first-order valence-corrected chi connectivity index (χ1v) is 7.17. The van der Waals surface area contributed by atoms with E-state index in [0.717, 1.165) is 0 Å². The number of nitrogen functional groups attached to an aromatic ring is 1. The fraction of sp³-hybridized carbons (Fsp3) is 0.100. The van der Waals surface area contributed by atoms with E-state index in [9.17, 15) is 8.42 Å². The molecule has 0 saturated carbocycles. The summed E-state index contributed by atoms with van der Waals surface area (Å²) in [6, 6.07) is 6.01. The van der Waals surface area contributed by atoms with Gasteiger partial charge in [-0.15, -0.1) is 0 Å². The summed E-state index contributed by atoms with van der Waals surface area (Å²) < 4.78 is 31.7. The van der Waals surface area contributed by atoms with Crippen LogP contribution in [0.5, 0.6) is 0 Å². The van der Waals surface area contributed by atoms with Crippen LogP contribution in [0.15, 0.2) is 38.2 Å². The molecular formula is C10H10BrN3O3S. The van der Waals surface area contributed by atoms with Gasteiger partial charge in [-0.3, -0.25) is 4.72 Å². The summed E-state index contributed by atoms with van der Waals surface area (Å²) in [5.74, 6) is 0.640. The van der Waals surface area contributed by atoms with Crippen molar-refractivity contribution in [3.05, 3.63) is 34.5 Å². The highest BCUT2D eigenvalue weighted by atomic mass is 79.9. The second-order valence-electron chi connectivity index (χ2n) is 3.62. The van der Waals surface area contributed by atoms with Crippen LogP contribution >= 0.6 is 15.9 Å². The topological polar surface area (TPSA) is 98.2 Å². The van der Waals surface area contributed by atoms with Gasteiger partial charge in [0.25, 0.3) is 10.0 Å². The lowest BCUT2D eigenvalue weighted by Gasteiger charge is -2.07. The lowest BCUT2D eigenvalue weighted by molar-refractivity contribution is 0.400. The zero-order valence-electron chi connectivity index (χ0n) is 9.34. The molecule has 0 amide bonds. The SMILES string of the molecule is Cc1cc(NS(=O)(=O)c2cc(N)ccc2Br)no1. The smallest absolute Gasteiger partial charge is 0.264 e. The highest BCUT2D eigenvalue weighted by Gasteiger charge is 2.19. The third-order valence-electron chi connectivity index (χ3n) is 2.11. The van der Waals surface area contributed by atoms with Gasteiger partial charge in [0.05, 0.1) is 0 Å².